The molecule has 1 fully saturated rings. The van der Waals surface area contributed by atoms with Crippen LogP contribution in [-0.2, 0) is 14.6 Å². The van der Waals surface area contributed by atoms with E-state index in [0.717, 1.165) is 11.1 Å². The van der Waals surface area contributed by atoms with Gasteiger partial charge in [0.05, 0.1) is 11.4 Å². The predicted molar refractivity (Wildman–Crippen MR) is 77.9 cm³/mol. The fourth-order valence-electron chi connectivity index (χ4n) is 2.59. The molecule has 0 aromatic heterocycles. The van der Waals surface area contributed by atoms with E-state index in [9.17, 15) is 13.2 Å². The Morgan fingerprint density at radius 2 is 2.05 bits per heavy atom. The molecule has 0 radical (unpaired) electrons. The van der Waals surface area contributed by atoms with E-state index in [1.54, 1.807) is 13.0 Å². The zero-order valence-electron chi connectivity index (χ0n) is 12.0. The van der Waals surface area contributed by atoms with Crippen molar-refractivity contribution >= 4 is 15.6 Å². The maximum absolute atomic E-state index is 12.3. The Labute approximate surface area is 120 Å². The van der Waals surface area contributed by atoms with Crippen molar-refractivity contribution in [2.45, 2.75) is 38.5 Å². The van der Waals surface area contributed by atoms with Gasteiger partial charge >= 0.3 is 0 Å². The highest BCUT2D eigenvalue weighted by Crippen LogP contribution is 2.22. The zero-order chi connectivity index (χ0) is 14.9. The molecule has 1 aromatic rings. The van der Waals surface area contributed by atoms with Crippen molar-refractivity contribution in [2.24, 2.45) is 0 Å². The predicted octanol–water partition coefficient (Wildman–Crippen LogP) is 2.08. The third-order valence-electron chi connectivity index (χ3n) is 3.79. The molecule has 0 aliphatic carbocycles. The van der Waals surface area contributed by atoms with Crippen molar-refractivity contribution < 1.29 is 17.9 Å². The van der Waals surface area contributed by atoms with Gasteiger partial charge in [0.25, 0.3) is 0 Å². The van der Waals surface area contributed by atoms with Crippen LogP contribution in [0.5, 0.6) is 0 Å². The first kappa shape index (κ1) is 15.2. The molecule has 4 nitrogen and oxygen atoms in total. The Bertz CT molecular complexity index is 619. The summed E-state index contributed by atoms with van der Waals surface area (Å²) in [4.78, 5) is 12.3. The summed E-state index contributed by atoms with van der Waals surface area (Å²) in [6.45, 7) is 5.90. The molecule has 0 saturated carbocycles. The highest BCUT2D eigenvalue weighted by molar-refractivity contribution is 7.92. The van der Waals surface area contributed by atoms with Gasteiger partial charge in [-0.1, -0.05) is 17.7 Å². The minimum absolute atomic E-state index is 0.327. The van der Waals surface area contributed by atoms with Crippen LogP contribution in [0.1, 0.15) is 34.8 Å². The van der Waals surface area contributed by atoms with Gasteiger partial charge in [0, 0.05) is 12.2 Å². The molecule has 5 heteroatoms. The van der Waals surface area contributed by atoms with Gasteiger partial charge < -0.3 is 4.74 Å². The molecule has 1 saturated heterocycles. The summed E-state index contributed by atoms with van der Waals surface area (Å²) >= 11 is 0. The number of hydrogen-bond donors (Lipinski definition) is 0. The van der Waals surface area contributed by atoms with Gasteiger partial charge in [0.15, 0.2) is 15.6 Å². The normalized spacial score (nSPS) is 22.9. The molecule has 0 amide bonds. The summed E-state index contributed by atoms with van der Waals surface area (Å²) in [5.41, 5.74) is 2.26. The number of carbonyl (C=O) groups is 1. The molecule has 1 heterocycles. The number of ether oxygens (including phenoxy) is 1. The Balaban J connectivity index is 2.21. The van der Waals surface area contributed by atoms with E-state index in [4.69, 9.17) is 4.74 Å². The van der Waals surface area contributed by atoms with Crippen molar-refractivity contribution in [1.82, 2.24) is 0 Å². The van der Waals surface area contributed by atoms with E-state index < -0.39 is 20.8 Å². The number of ketones is 1. The van der Waals surface area contributed by atoms with Crippen LogP contribution in [0, 0.1) is 13.8 Å². The molecule has 2 rings (SSSR count). The second-order valence-electron chi connectivity index (χ2n) is 5.45. The quantitative estimate of drug-likeness (QED) is 0.798. The van der Waals surface area contributed by atoms with Crippen LogP contribution in [0.15, 0.2) is 18.2 Å². The van der Waals surface area contributed by atoms with Crippen LogP contribution in [-0.4, -0.2) is 37.9 Å². The van der Waals surface area contributed by atoms with E-state index in [1.165, 1.54) is 0 Å². The van der Waals surface area contributed by atoms with Crippen LogP contribution in [0.25, 0.3) is 0 Å². The van der Waals surface area contributed by atoms with Gasteiger partial charge in [-0.2, -0.15) is 0 Å². The van der Waals surface area contributed by atoms with E-state index in [2.05, 4.69) is 0 Å². The number of sulfone groups is 1. The van der Waals surface area contributed by atoms with Crippen molar-refractivity contribution in [3.63, 3.8) is 0 Å². The monoisotopic (exact) mass is 296 g/mol. The van der Waals surface area contributed by atoms with Crippen LogP contribution in [0.3, 0.4) is 0 Å². The maximum atomic E-state index is 12.3. The van der Waals surface area contributed by atoms with Crippen LogP contribution in [0.4, 0.5) is 0 Å². The number of Topliss-reactive ketones (excluding diaryl/α,β-unsaturated/α-hetero) is 1. The Morgan fingerprint density at radius 1 is 1.35 bits per heavy atom. The van der Waals surface area contributed by atoms with Crippen molar-refractivity contribution in [3.8, 4) is 0 Å². The lowest BCUT2D eigenvalue weighted by atomic mass is 10.0. The lowest BCUT2D eigenvalue weighted by Crippen LogP contribution is -2.33. The van der Waals surface area contributed by atoms with Crippen molar-refractivity contribution in [3.05, 3.63) is 34.9 Å². The topological polar surface area (TPSA) is 60.4 Å². The van der Waals surface area contributed by atoms with Gasteiger partial charge in [-0.15, -0.1) is 0 Å². The van der Waals surface area contributed by atoms with Crippen LogP contribution in [0.2, 0.25) is 0 Å². The fraction of sp³-hybridized carbons (Fsp3) is 0.533. The third kappa shape index (κ3) is 3.10. The summed E-state index contributed by atoms with van der Waals surface area (Å²) in [7, 11) is -3.46. The minimum Gasteiger partial charge on any atom is -0.377 e. The lowest BCUT2D eigenvalue weighted by Gasteiger charge is -2.15. The molecule has 0 spiro atoms. The highest BCUT2D eigenvalue weighted by Gasteiger charge is 2.37. The van der Waals surface area contributed by atoms with Crippen LogP contribution >= 0.6 is 0 Å². The van der Waals surface area contributed by atoms with Gasteiger partial charge in [-0.05, 0) is 38.8 Å². The van der Waals surface area contributed by atoms with E-state index in [1.807, 2.05) is 26.0 Å². The number of carbonyl (C=O) groups excluding carboxylic acids is 1. The smallest absolute Gasteiger partial charge is 0.178 e. The Kier molecular flexibility index (Phi) is 4.30. The van der Waals surface area contributed by atoms with E-state index in [0.29, 0.717) is 18.6 Å². The van der Waals surface area contributed by atoms with E-state index >= 15 is 0 Å². The second kappa shape index (κ2) is 5.66. The average Bonchev–Trinajstić information content (AvgIpc) is 2.79. The molecule has 0 N–H and O–H groups in total. The number of rotatable bonds is 4. The van der Waals surface area contributed by atoms with Crippen LogP contribution < -0.4 is 0 Å². The number of benzene rings is 1. The first-order valence-corrected chi connectivity index (χ1v) is 8.46. The van der Waals surface area contributed by atoms with E-state index in [-0.39, 0.29) is 11.9 Å². The first-order chi connectivity index (χ1) is 9.31. The first-order valence-electron chi connectivity index (χ1n) is 6.75. The second-order valence-corrected chi connectivity index (χ2v) is 7.67. The fourth-order valence-corrected chi connectivity index (χ4v) is 4.44. The molecule has 0 bridgehead atoms. The molecule has 1 aromatic carbocycles. The van der Waals surface area contributed by atoms with Gasteiger partial charge in [0.2, 0.25) is 0 Å². The number of aryl methyl sites for hydroxylation is 2. The SMILES string of the molecule is Cc1ccc(C)c(C(=O)CS(=O)(=O)C2CCOC2C)c1. The molecule has 1 aliphatic rings. The standard InChI is InChI=1S/C15H20O4S/c1-10-4-5-11(2)13(8-10)14(16)9-20(17,18)15-6-7-19-12(15)3/h4-5,8,12,15H,6-7,9H2,1-3H3. The van der Waals surface area contributed by atoms with Gasteiger partial charge in [-0.25, -0.2) is 8.42 Å². The molecule has 1 aliphatic heterocycles. The zero-order valence-corrected chi connectivity index (χ0v) is 12.9. The number of hydrogen-bond acceptors (Lipinski definition) is 4. The lowest BCUT2D eigenvalue weighted by molar-refractivity contribution is 0.101. The van der Waals surface area contributed by atoms with Gasteiger partial charge in [-0.3, -0.25) is 4.79 Å². The summed E-state index contributed by atoms with van der Waals surface area (Å²) < 4.78 is 29.9. The summed E-state index contributed by atoms with van der Waals surface area (Å²) in [6, 6.07) is 5.51. The molecule has 110 valence electrons. The minimum atomic E-state index is -3.46. The molecular weight excluding hydrogens is 276 g/mol. The van der Waals surface area contributed by atoms with Crippen molar-refractivity contribution in [2.75, 3.05) is 12.4 Å². The average molecular weight is 296 g/mol. The Morgan fingerprint density at radius 3 is 2.65 bits per heavy atom. The molecular formula is C15H20O4S. The van der Waals surface area contributed by atoms with Gasteiger partial charge in [0.1, 0.15) is 5.75 Å². The van der Waals surface area contributed by atoms with Crippen molar-refractivity contribution in [1.29, 1.82) is 0 Å². The maximum Gasteiger partial charge on any atom is 0.178 e. The molecule has 20 heavy (non-hydrogen) atoms. The summed E-state index contributed by atoms with van der Waals surface area (Å²) in [5.74, 6) is -0.763. The highest BCUT2D eigenvalue weighted by atomic mass is 32.2. The molecule has 2 atom stereocenters. The third-order valence-corrected chi connectivity index (χ3v) is 6.00. The Hall–Kier alpha value is -1.20. The summed E-state index contributed by atoms with van der Waals surface area (Å²) in [6.07, 6.45) is 0.148. The molecule has 2 unspecified atom stereocenters. The summed E-state index contributed by atoms with van der Waals surface area (Å²) in [5, 5.41) is -0.559. The largest absolute Gasteiger partial charge is 0.377 e.